The van der Waals surface area contributed by atoms with Gasteiger partial charge in [0.1, 0.15) is 0 Å². The highest BCUT2D eigenvalue weighted by atomic mass is 35.6. The van der Waals surface area contributed by atoms with E-state index in [1.807, 2.05) is 0 Å². The van der Waals surface area contributed by atoms with E-state index in [4.69, 9.17) is 51.1 Å². The summed E-state index contributed by atoms with van der Waals surface area (Å²) < 4.78 is 3.71. The minimum atomic E-state index is -1.72. The molecule has 2 aliphatic heterocycles. The smallest absolute Gasteiger partial charge is 0.333 e. The Bertz CT molecular complexity index is 541. The summed E-state index contributed by atoms with van der Waals surface area (Å²) in [5.74, 6) is -0.880. The van der Waals surface area contributed by atoms with Crippen molar-refractivity contribution in [1.29, 1.82) is 0 Å². The third kappa shape index (κ3) is 2.43. The normalized spacial score (nSPS) is 35.9. The van der Waals surface area contributed by atoms with Crippen molar-refractivity contribution in [3.8, 4) is 0 Å². The third-order valence-electron chi connectivity index (χ3n) is 4.57. The van der Waals surface area contributed by atoms with Gasteiger partial charge in [-0.3, -0.25) is 9.69 Å². The minimum Gasteiger partial charge on any atom is -0.429 e. The molecule has 1 amide bonds. The molecule has 3 aliphatic rings. The molecule has 0 aromatic carbocycles. The van der Waals surface area contributed by atoms with Gasteiger partial charge in [-0.2, -0.15) is 0 Å². The van der Waals surface area contributed by atoms with E-state index < -0.39 is 20.4 Å². The van der Waals surface area contributed by atoms with Crippen LogP contribution in [0.2, 0.25) is 0 Å². The Hall–Kier alpha value is -0.160. The summed E-state index contributed by atoms with van der Waals surface area (Å²) in [6.07, 6.45) is 7.49. The lowest BCUT2D eigenvalue weighted by Crippen LogP contribution is -2.82. The first-order valence-corrected chi connectivity index (χ1v) is 8.72. The Kier molecular flexibility index (Phi) is 4.13. The minimum absolute atomic E-state index is 0.000878. The van der Waals surface area contributed by atoms with Crippen molar-refractivity contribution in [2.75, 3.05) is 0 Å². The lowest BCUT2D eigenvalue weighted by Gasteiger charge is -2.61. The molecule has 1 aliphatic carbocycles. The Morgan fingerprint density at radius 1 is 1.23 bits per heavy atom. The van der Waals surface area contributed by atoms with Crippen LogP contribution in [0.15, 0.2) is 12.2 Å². The quantitative estimate of drug-likeness (QED) is 0.413. The van der Waals surface area contributed by atoms with Crippen molar-refractivity contribution in [2.45, 2.75) is 59.0 Å². The van der Waals surface area contributed by atoms with E-state index in [0.717, 1.165) is 32.1 Å². The molecular weight excluding hydrogens is 372 g/mol. The number of hydrogen-bond donors (Lipinski definition) is 0. The van der Waals surface area contributed by atoms with Gasteiger partial charge < -0.3 is 4.74 Å². The van der Waals surface area contributed by atoms with E-state index in [0.29, 0.717) is 0 Å². The molecule has 1 saturated carbocycles. The van der Waals surface area contributed by atoms with Crippen LogP contribution in [0.4, 0.5) is 0 Å². The molecule has 0 aromatic rings. The standard InChI is InChI=1S/C14H15Cl4NO3/c15-12(8-14(16,17)18)11(21)19(9-4-2-1-3-5-9)13(12)7-6-10(20)22-13/h6-7,9H,1-5,8H2/t12-,13-/m0/s1. The zero-order valence-electron chi connectivity index (χ0n) is 11.7. The molecule has 4 nitrogen and oxygen atoms in total. The zero-order valence-corrected chi connectivity index (χ0v) is 14.7. The molecule has 22 heavy (non-hydrogen) atoms. The SMILES string of the molecule is O=C1C=C[C@@]2(O1)N(C1CCCCC1)C(=O)[C@@]2(Cl)CC(Cl)(Cl)Cl. The fraction of sp³-hybridized carbons (Fsp3) is 0.714. The van der Waals surface area contributed by atoms with Crippen molar-refractivity contribution >= 4 is 58.3 Å². The number of likely N-dealkylation sites (tertiary alicyclic amines) is 1. The van der Waals surface area contributed by atoms with E-state index in [2.05, 4.69) is 0 Å². The first-order valence-electron chi connectivity index (χ1n) is 7.21. The highest BCUT2D eigenvalue weighted by Gasteiger charge is 2.76. The van der Waals surface area contributed by atoms with E-state index in [1.165, 1.54) is 12.2 Å². The summed E-state index contributed by atoms with van der Waals surface area (Å²) >= 11 is 24.0. The number of carbonyl (C=O) groups is 2. The lowest BCUT2D eigenvalue weighted by molar-refractivity contribution is -0.220. The Labute approximate surface area is 148 Å². The molecule has 2 heterocycles. The summed E-state index contributed by atoms with van der Waals surface area (Å²) in [6, 6.07) is -0.000878. The van der Waals surface area contributed by atoms with Crippen LogP contribution >= 0.6 is 46.4 Å². The van der Waals surface area contributed by atoms with Crippen molar-refractivity contribution in [2.24, 2.45) is 0 Å². The molecule has 3 rings (SSSR count). The molecule has 2 atom stereocenters. The number of halogens is 4. The number of rotatable bonds is 2. The summed E-state index contributed by atoms with van der Waals surface area (Å²) in [5.41, 5.74) is -1.34. The van der Waals surface area contributed by atoms with Crippen molar-refractivity contribution in [3.63, 3.8) is 0 Å². The molecule has 8 heteroatoms. The number of ether oxygens (including phenoxy) is 1. The highest BCUT2D eigenvalue weighted by molar-refractivity contribution is 6.68. The molecule has 0 radical (unpaired) electrons. The van der Waals surface area contributed by atoms with Crippen LogP contribution in [0.25, 0.3) is 0 Å². The number of amides is 1. The number of nitrogens with zero attached hydrogens (tertiary/aromatic N) is 1. The molecule has 0 bridgehead atoms. The van der Waals surface area contributed by atoms with Gasteiger partial charge in [-0.15, -0.1) is 11.6 Å². The van der Waals surface area contributed by atoms with Gasteiger partial charge in [0.2, 0.25) is 5.72 Å². The monoisotopic (exact) mass is 385 g/mol. The summed E-state index contributed by atoms with van der Waals surface area (Å²) in [7, 11) is 0. The highest BCUT2D eigenvalue weighted by Crippen LogP contribution is 2.57. The Balaban J connectivity index is 1.94. The van der Waals surface area contributed by atoms with Gasteiger partial charge in [-0.05, 0) is 18.9 Å². The van der Waals surface area contributed by atoms with Crippen LogP contribution in [0, 0.1) is 0 Å². The molecule has 1 saturated heterocycles. The second kappa shape index (κ2) is 5.44. The van der Waals surface area contributed by atoms with E-state index in [9.17, 15) is 9.59 Å². The van der Waals surface area contributed by atoms with Crippen LogP contribution in [0.3, 0.4) is 0 Å². The first-order chi connectivity index (χ1) is 10.2. The summed E-state index contributed by atoms with van der Waals surface area (Å²) in [4.78, 5) is 24.4. The maximum Gasteiger partial charge on any atom is 0.333 e. The number of esters is 1. The van der Waals surface area contributed by atoms with Gasteiger partial charge in [0.25, 0.3) is 5.91 Å². The fourth-order valence-electron chi connectivity index (χ4n) is 3.63. The largest absolute Gasteiger partial charge is 0.429 e. The summed E-state index contributed by atoms with van der Waals surface area (Å²) in [5, 5.41) is 0. The molecule has 122 valence electrons. The second-order valence-electron chi connectivity index (χ2n) is 6.01. The predicted molar refractivity (Wildman–Crippen MR) is 85.2 cm³/mol. The van der Waals surface area contributed by atoms with Gasteiger partial charge in [-0.1, -0.05) is 54.1 Å². The summed E-state index contributed by atoms with van der Waals surface area (Å²) in [6.45, 7) is 0. The van der Waals surface area contributed by atoms with Gasteiger partial charge in [-0.25, -0.2) is 4.79 Å². The molecule has 0 N–H and O–H groups in total. The number of carbonyl (C=O) groups excluding carboxylic acids is 2. The van der Waals surface area contributed by atoms with Crippen LogP contribution in [-0.4, -0.2) is 37.2 Å². The average molecular weight is 387 g/mol. The molecule has 0 unspecified atom stereocenters. The van der Waals surface area contributed by atoms with Crippen molar-refractivity contribution in [3.05, 3.63) is 12.2 Å². The van der Waals surface area contributed by atoms with Gasteiger partial charge in [0.05, 0.1) is 0 Å². The third-order valence-corrected chi connectivity index (χ3v) is 5.54. The Morgan fingerprint density at radius 3 is 2.36 bits per heavy atom. The lowest BCUT2D eigenvalue weighted by atomic mass is 9.76. The number of alkyl halides is 4. The molecule has 2 fully saturated rings. The van der Waals surface area contributed by atoms with E-state index in [1.54, 1.807) is 4.90 Å². The molecule has 1 spiro atoms. The van der Waals surface area contributed by atoms with E-state index in [-0.39, 0.29) is 18.4 Å². The van der Waals surface area contributed by atoms with Gasteiger partial charge in [0, 0.05) is 18.5 Å². The maximum absolute atomic E-state index is 12.7. The fourth-order valence-corrected chi connectivity index (χ4v) is 4.92. The Morgan fingerprint density at radius 2 is 1.86 bits per heavy atom. The topological polar surface area (TPSA) is 46.6 Å². The van der Waals surface area contributed by atoms with Crippen LogP contribution in [0.5, 0.6) is 0 Å². The average Bonchev–Trinajstić information content (AvgIpc) is 2.83. The van der Waals surface area contributed by atoms with Crippen LogP contribution < -0.4 is 0 Å². The molecular formula is C14H15Cl4NO3. The zero-order chi connectivity index (χ0) is 16.2. The second-order valence-corrected chi connectivity index (χ2v) is 9.17. The number of β-lactam (4-membered cyclic amide) rings is 1. The number of hydrogen-bond acceptors (Lipinski definition) is 3. The van der Waals surface area contributed by atoms with Crippen LogP contribution in [0.1, 0.15) is 38.5 Å². The van der Waals surface area contributed by atoms with Crippen molar-refractivity contribution in [1.82, 2.24) is 4.90 Å². The maximum atomic E-state index is 12.7. The van der Waals surface area contributed by atoms with Crippen molar-refractivity contribution < 1.29 is 14.3 Å². The van der Waals surface area contributed by atoms with Gasteiger partial charge >= 0.3 is 5.97 Å². The van der Waals surface area contributed by atoms with Gasteiger partial charge in [0.15, 0.2) is 8.67 Å². The molecule has 0 aromatic heterocycles. The predicted octanol–water partition coefficient (Wildman–Crippen LogP) is 3.71. The van der Waals surface area contributed by atoms with E-state index >= 15 is 0 Å². The van der Waals surface area contributed by atoms with Crippen LogP contribution in [-0.2, 0) is 14.3 Å². The first kappa shape index (κ1) is 16.7.